The summed E-state index contributed by atoms with van der Waals surface area (Å²) in [5, 5.41) is 14.6. The monoisotopic (exact) mass is 448 g/mol. The summed E-state index contributed by atoms with van der Waals surface area (Å²) in [5.74, 6) is 2.95. The lowest BCUT2D eigenvalue weighted by molar-refractivity contribution is -0.116. The molecule has 0 unspecified atom stereocenters. The van der Waals surface area contributed by atoms with E-state index in [2.05, 4.69) is 20.9 Å². The van der Waals surface area contributed by atoms with Gasteiger partial charge in [0.1, 0.15) is 5.75 Å². The Morgan fingerprint density at radius 1 is 0.879 bits per heavy atom. The van der Waals surface area contributed by atoms with Crippen LogP contribution in [0.3, 0.4) is 0 Å². The smallest absolute Gasteiger partial charge is 0.219 e. The Labute approximate surface area is 190 Å². The molecule has 0 radical (unpaired) electrons. The molecule has 1 aliphatic heterocycles. The topological polar surface area (TPSA) is 108 Å². The van der Waals surface area contributed by atoms with Crippen LogP contribution in [0.4, 0.5) is 11.6 Å². The van der Waals surface area contributed by atoms with Crippen molar-refractivity contribution in [2.75, 3.05) is 32.0 Å². The number of anilines is 2. The van der Waals surface area contributed by atoms with Crippen LogP contribution in [0.5, 0.6) is 17.2 Å². The average Bonchev–Trinajstić information content (AvgIpc) is 3.22. The molecule has 1 aromatic heterocycles. The number of carbonyl (C=O) groups is 1. The molecule has 1 aliphatic carbocycles. The zero-order valence-electron chi connectivity index (χ0n) is 18.5. The predicted octanol–water partition coefficient (Wildman–Crippen LogP) is 4.07. The van der Waals surface area contributed by atoms with Crippen LogP contribution in [-0.2, 0) is 4.79 Å². The molecule has 9 heteroatoms. The van der Waals surface area contributed by atoms with Gasteiger partial charge in [0.15, 0.2) is 17.3 Å². The van der Waals surface area contributed by atoms with Crippen LogP contribution in [0.25, 0.3) is 0 Å². The summed E-state index contributed by atoms with van der Waals surface area (Å²) >= 11 is 0. The number of Topliss-reactive ketones (excluding diaryl/α,β-unsaturated/α-hetero) is 1. The second-order valence-electron chi connectivity index (χ2n) is 7.97. The van der Waals surface area contributed by atoms with Crippen molar-refractivity contribution in [3.63, 3.8) is 0 Å². The Bertz CT molecular complexity index is 1220. The van der Waals surface area contributed by atoms with Crippen LogP contribution in [0.2, 0.25) is 0 Å². The van der Waals surface area contributed by atoms with E-state index < -0.39 is 6.04 Å². The van der Waals surface area contributed by atoms with Crippen LogP contribution in [0.15, 0.2) is 58.4 Å². The van der Waals surface area contributed by atoms with Gasteiger partial charge < -0.3 is 24.8 Å². The Kier molecular flexibility index (Phi) is 5.37. The van der Waals surface area contributed by atoms with Gasteiger partial charge in [-0.2, -0.15) is 0 Å². The van der Waals surface area contributed by atoms with Gasteiger partial charge in [0, 0.05) is 17.7 Å². The lowest BCUT2D eigenvalue weighted by atomic mass is 9.78. The number of carbonyl (C=O) groups excluding carboxylic acids is 1. The Morgan fingerprint density at radius 2 is 1.61 bits per heavy atom. The maximum absolute atomic E-state index is 13.5. The molecule has 0 saturated heterocycles. The SMILES string of the molecule is COc1ccc([C@H]2CC(=O)C3=C(C2)Nc2nonc2N[C@H]3c2ccc(OC)c(OC)c2)cc1. The van der Waals surface area contributed by atoms with E-state index in [1.54, 1.807) is 21.3 Å². The molecule has 0 saturated carbocycles. The van der Waals surface area contributed by atoms with Crippen molar-refractivity contribution in [2.24, 2.45) is 0 Å². The van der Waals surface area contributed by atoms with E-state index in [9.17, 15) is 4.79 Å². The molecule has 0 bridgehead atoms. The number of allylic oxidation sites excluding steroid dienone is 1. The highest BCUT2D eigenvalue weighted by molar-refractivity contribution is 6.00. The van der Waals surface area contributed by atoms with E-state index in [4.69, 9.17) is 18.8 Å². The van der Waals surface area contributed by atoms with Crippen molar-refractivity contribution >= 4 is 17.4 Å². The molecule has 2 aliphatic rings. The van der Waals surface area contributed by atoms with Crippen molar-refractivity contribution in [3.8, 4) is 17.2 Å². The first-order valence-corrected chi connectivity index (χ1v) is 10.6. The molecule has 0 spiro atoms. The summed E-state index contributed by atoms with van der Waals surface area (Å²) in [7, 11) is 4.80. The number of ketones is 1. The summed E-state index contributed by atoms with van der Waals surface area (Å²) < 4.78 is 21.1. The number of ether oxygens (including phenoxy) is 3. The molecular formula is C24H24N4O5. The third kappa shape index (κ3) is 3.75. The molecule has 2 aromatic carbocycles. The van der Waals surface area contributed by atoms with Crippen molar-refractivity contribution in [2.45, 2.75) is 24.8 Å². The lowest BCUT2D eigenvalue weighted by Crippen LogP contribution is -2.27. The molecule has 2 N–H and O–H groups in total. The number of hydrogen-bond acceptors (Lipinski definition) is 9. The Balaban J connectivity index is 1.57. The highest BCUT2D eigenvalue weighted by Crippen LogP contribution is 2.44. The van der Waals surface area contributed by atoms with Crippen LogP contribution < -0.4 is 24.8 Å². The minimum Gasteiger partial charge on any atom is -0.497 e. The first-order chi connectivity index (χ1) is 16.1. The van der Waals surface area contributed by atoms with Crippen LogP contribution >= 0.6 is 0 Å². The van der Waals surface area contributed by atoms with Crippen molar-refractivity contribution in [1.29, 1.82) is 0 Å². The molecule has 2 heterocycles. The second-order valence-corrected chi connectivity index (χ2v) is 7.97. The maximum atomic E-state index is 13.5. The molecule has 0 fully saturated rings. The highest BCUT2D eigenvalue weighted by Gasteiger charge is 2.37. The molecule has 170 valence electrons. The molecule has 9 nitrogen and oxygen atoms in total. The van der Waals surface area contributed by atoms with Crippen LogP contribution in [0.1, 0.15) is 35.9 Å². The van der Waals surface area contributed by atoms with Crippen LogP contribution in [-0.4, -0.2) is 37.4 Å². The number of hydrogen-bond donors (Lipinski definition) is 2. The van der Waals surface area contributed by atoms with Crippen molar-refractivity contribution in [1.82, 2.24) is 10.3 Å². The molecule has 2 atom stereocenters. The fraction of sp³-hybridized carbons (Fsp3) is 0.292. The van der Waals surface area contributed by atoms with E-state index in [-0.39, 0.29) is 11.7 Å². The normalized spacial score (nSPS) is 19.5. The molecule has 3 aromatic rings. The second kappa shape index (κ2) is 8.50. The average molecular weight is 448 g/mol. The fourth-order valence-electron chi connectivity index (χ4n) is 4.50. The molecule has 33 heavy (non-hydrogen) atoms. The lowest BCUT2D eigenvalue weighted by Gasteiger charge is -2.30. The van der Waals surface area contributed by atoms with Gasteiger partial charge in [-0.3, -0.25) is 4.79 Å². The molecule has 0 amide bonds. The van der Waals surface area contributed by atoms with E-state index in [1.165, 1.54) is 0 Å². The maximum Gasteiger partial charge on any atom is 0.219 e. The summed E-state index contributed by atoms with van der Waals surface area (Å²) in [6, 6.07) is 13.0. The number of methoxy groups -OCH3 is 3. The number of rotatable bonds is 5. The minimum absolute atomic E-state index is 0.0297. The molecule has 5 rings (SSSR count). The van der Waals surface area contributed by atoms with Gasteiger partial charge in [-0.15, -0.1) is 0 Å². The van der Waals surface area contributed by atoms with E-state index in [0.29, 0.717) is 41.5 Å². The van der Waals surface area contributed by atoms with Gasteiger partial charge in [0.05, 0.1) is 27.4 Å². The van der Waals surface area contributed by atoms with Crippen molar-refractivity contribution in [3.05, 3.63) is 64.9 Å². The number of nitrogens with one attached hydrogen (secondary N) is 2. The number of nitrogens with zero attached hydrogens (tertiary/aromatic N) is 2. The standard InChI is InChI=1S/C24H24N4O5/c1-30-16-7-4-13(5-8-16)15-10-17-21(18(29)11-15)22(26-24-23(25-17)27-33-28-24)14-6-9-19(31-2)20(12-14)32-3/h4-9,12,15,22H,10-11H2,1-3H3,(H,25,27)(H,26,28)/t15-,22+/m1/s1. The summed E-state index contributed by atoms with van der Waals surface area (Å²) in [4.78, 5) is 13.5. The highest BCUT2D eigenvalue weighted by atomic mass is 16.6. The van der Waals surface area contributed by atoms with Gasteiger partial charge in [0.25, 0.3) is 0 Å². The first-order valence-electron chi connectivity index (χ1n) is 10.6. The summed E-state index contributed by atoms with van der Waals surface area (Å²) in [6.45, 7) is 0. The number of aromatic nitrogens is 2. The zero-order valence-corrected chi connectivity index (χ0v) is 18.5. The predicted molar refractivity (Wildman–Crippen MR) is 121 cm³/mol. The van der Waals surface area contributed by atoms with Crippen molar-refractivity contribution < 1.29 is 23.6 Å². The van der Waals surface area contributed by atoms with Gasteiger partial charge >= 0.3 is 0 Å². The van der Waals surface area contributed by atoms with Gasteiger partial charge in [-0.05, 0) is 58.0 Å². The third-order valence-electron chi connectivity index (χ3n) is 6.16. The minimum atomic E-state index is -0.454. The zero-order chi connectivity index (χ0) is 22.9. The van der Waals surface area contributed by atoms with Crippen LogP contribution in [0, 0.1) is 0 Å². The summed E-state index contributed by atoms with van der Waals surface area (Å²) in [6.07, 6.45) is 1.04. The number of benzene rings is 2. The van der Waals surface area contributed by atoms with E-state index in [0.717, 1.165) is 22.6 Å². The Hall–Kier alpha value is -4.01. The Morgan fingerprint density at radius 3 is 2.33 bits per heavy atom. The quantitative estimate of drug-likeness (QED) is 0.597. The fourth-order valence-corrected chi connectivity index (χ4v) is 4.50. The van der Waals surface area contributed by atoms with E-state index in [1.807, 2.05) is 42.5 Å². The van der Waals surface area contributed by atoms with Gasteiger partial charge in [0.2, 0.25) is 11.6 Å². The van der Waals surface area contributed by atoms with Gasteiger partial charge in [-0.1, -0.05) is 18.2 Å². The van der Waals surface area contributed by atoms with E-state index >= 15 is 0 Å². The summed E-state index contributed by atoms with van der Waals surface area (Å²) in [5.41, 5.74) is 3.38. The largest absolute Gasteiger partial charge is 0.497 e. The number of fused-ring (bicyclic) bond motifs is 1. The first kappa shape index (κ1) is 20.9. The van der Waals surface area contributed by atoms with Gasteiger partial charge in [-0.25, -0.2) is 4.63 Å². The third-order valence-corrected chi connectivity index (χ3v) is 6.16. The molecular weight excluding hydrogens is 424 g/mol.